The summed E-state index contributed by atoms with van der Waals surface area (Å²) >= 11 is 0. The number of hydrogen-bond donors (Lipinski definition) is 1. The van der Waals surface area contributed by atoms with E-state index in [4.69, 9.17) is 9.47 Å². The molecule has 0 aliphatic carbocycles. The van der Waals surface area contributed by atoms with Crippen molar-refractivity contribution < 1.29 is 14.3 Å². The van der Waals surface area contributed by atoms with E-state index >= 15 is 0 Å². The van der Waals surface area contributed by atoms with Crippen LogP contribution in [0.5, 0.6) is 5.75 Å². The lowest BCUT2D eigenvalue weighted by Crippen LogP contribution is -2.51. The quantitative estimate of drug-likeness (QED) is 0.878. The molecule has 4 heteroatoms. The Hall–Kier alpha value is -2.33. The average molecular weight is 339 g/mol. The zero-order valence-electron chi connectivity index (χ0n) is 14.6. The predicted molar refractivity (Wildman–Crippen MR) is 97.7 cm³/mol. The number of hydrogen-bond acceptors (Lipinski definition) is 3. The van der Waals surface area contributed by atoms with Gasteiger partial charge in [0.1, 0.15) is 12.4 Å². The molecular weight excluding hydrogens is 314 g/mol. The van der Waals surface area contributed by atoms with Gasteiger partial charge in [-0.2, -0.15) is 0 Å². The van der Waals surface area contributed by atoms with Crippen molar-refractivity contribution in [2.24, 2.45) is 0 Å². The van der Waals surface area contributed by atoms with Crippen LogP contribution in [-0.4, -0.2) is 31.8 Å². The van der Waals surface area contributed by atoms with Gasteiger partial charge in [0.2, 0.25) is 5.91 Å². The van der Waals surface area contributed by atoms with Gasteiger partial charge >= 0.3 is 0 Å². The highest BCUT2D eigenvalue weighted by atomic mass is 16.5. The Kier molecular flexibility index (Phi) is 5.71. The van der Waals surface area contributed by atoms with Crippen molar-refractivity contribution in [3.8, 4) is 5.75 Å². The van der Waals surface area contributed by atoms with E-state index < -0.39 is 5.41 Å². The summed E-state index contributed by atoms with van der Waals surface area (Å²) < 4.78 is 11.3. The number of benzene rings is 2. The summed E-state index contributed by atoms with van der Waals surface area (Å²) in [4.78, 5) is 13.1. The maximum atomic E-state index is 13.1. The Morgan fingerprint density at radius 2 is 1.68 bits per heavy atom. The molecule has 2 aromatic rings. The summed E-state index contributed by atoms with van der Waals surface area (Å²) in [7, 11) is 0. The van der Waals surface area contributed by atoms with Gasteiger partial charge in [0.05, 0.1) is 11.5 Å². The van der Waals surface area contributed by atoms with Gasteiger partial charge in [-0.05, 0) is 37.5 Å². The van der Waals surface area contributed by atoms with Crippen molar-refractivity contribution >= 4 is 5.91 Å². The normalized spacial score (nSPS) is 17.5. The second-order valence-electron chi connectivity index (χ2n) is 6.56. The van der Waals surface area contributed by atoms with E-state index in [1.54, 1.807) is 0 Å². The third kappa shape index (κ3) is 4.20. The van der Waals surface area contributed by atoms with Crippen LogP contribution in [0.4, 0.5) is 0 Å². The zero-order chi connectivity index (χ0) is 17.5. The molecule has 0 unspecified atom stereocenters. The van der Waals surface area contributed by atoms with Gasteiger partial charge in [-0.3, -0.25) is 4.79 Å². The smallest absolute Gasteiger partial charge is 0.231 e. The standard InChI is InChI=1S/C21H25NO3/c1-17(16-25-19-10-6-3-7-11-19)22-20(23)21(12-14-24-15-13-21)18-8-4-2-5-9-18/h2-11,17H,12-16H2,1H3,(H,22,23)/t17-/m1/s1. The van der Waals surface area contributed by atoms with Crippen LogP contribution in [0.25, 0.3) is 0 Å². The van der Waals surface area contributed by atoms with E-state index in [-0.39, 0.29) is 11.9 Å². The van der Waals surface area contributed by atoms with Gasteiger partial charge in [-0.1, -0.05) is 48.5 Å². The predicted octanol–water partition coefficient (Wildman–Crippen LogP) is 3.32. The van der Waals surface area contributed by atoms with Crippen LogP contribution in [0.3, 0.4) is 0 Å². The molecule has 2 aromatic carbocycles. The van der Waals surface area contributed by atoms with Crippen LogP contribution in [-0.2, 0) is 14.9 Å². The highest BCUT2D eigenvalue weighted by molar-refractivity contribution is 5.88. The largest absolute Gasteiger partial charge is 0.491 e. The van der Waals surface area contributed by atoms with Crippen LogP contribution in [0.2, 0.25) is 0 Å². The monoisotopic (exact) mass is 339 g/mol. The molecule has 3 rings (SSSR count). The number of amides is 1. The van der Waals surface area contributed by atoms with E-state index in [2.05, 4.69) is 5.32 Å². The molecule has 0 bridgehead atoms. The minimum atomic E-state index is -0.513. The first-order chi connectivity index (χ1) is 12.2. The molecule has 0 saturated carbocycles. The van der Waals surface area contributed by atoms with Gasteiger partial charge in [0.15, 0.2) is 0 Å². The van der Waals surface area contributed by atoms with Crippen molar-refractivity contribution in [1.29, 1.82) is 0 Å². The molecule has 1 aliphatic rings. The number of carbonyl (C=O) groups excluding carboxylic acids is 1. The Morgan fingerprint density at radius 1 is 1.08 bits per heavy atom. The lowest BCUT2D eigenvalue weighted by molar-refractivity contribution is -0.131. The second-order valence-corrected chi connectivity index (χ2v) is 6.56. The van der Waals surface area contributed by atoms with E-state index in [0.717, 1.165) is 11.3 Å². The summed E-state index contributed by atoms with van der Waals surface area (Å²) in [5.41, 5.74) is 0.549. The van der Waals surface area contributed by atoms with E-state index in [0.29, 0.717) is 32.7 Å². The van der Waals surface area contributed by atoms with Crippen molar-refractivity contribution in [2.75, 3.05) is 19.8 Å². The first-order valence-corrected chi connectivity index (χ1v) is 8.83. The van der Waals surface area contributed by atoms with Crippen LogP contribution >= 0.6 is 0 Å². The molecule has 1 saturated heterocycles. The second kappa shape index (κ2) is 8.17. The molecule has 1 fully saturated rings. The molecule has 1 heterocycles. The van der Waals surface area contributed by atoms with Crippen LogP contribution < -0.4 is 10.1 Å². The van der Waals surface area contributed by atoms with E-state index in [1.807, 2.05) is 67.6 Å². The fourth-order valence-electron chi connectivity index (χ4n) is 3.27. The summed E-state index contributed by atoms with van der Waals surface area (Å²) in [6.07, 6.45) is 1.41. The summed E-state index contributed by atoms with van der Waals surface area (Å²) in [5.74, 6) is 0.874. The molecule has 0 aromatic heterocycles. The lowest BCUT2D eigenvalue weighted by Gasteiger charge is -2.37. The fraction of sp³-hybridized carbons (Fsp3) is 0.381. The van der Waals surface area contributed by atoms with Crippen molar-refractivity contribution in [1.82, 2.24) is 5.32 Å². The SMILES string of the molecule is C[C@H](COc1ccccc1)NC(=O)C1(c2ccccc2)CCOCC1. The molecule has 1 atom stereocenters. The van der Waals surface area contributed by atoms with Gasteiger partial charge in [-0.15, -0.1) is 0 Å². The fourth-order valence-corrected chi connectivity index (χ4v) is 3.27. The van der Waals surface area contributed by atoms with Gasteiger partial charge < -0.3 is 14.8 Å². The average Bonchev–Trinajstić information content (AvgIpc) is 2.68. The number of nitrogens with one attached hydrogen (secondary N) is 1. The molecule has 0 radical (unpaired) electrons. The van der Waals surface area contributed by atoms with Crippen LogP contribution in [0.1, 0.15) is 25.3 Å². The molecule has 1 amide bonds. The van der Waals surface area contributed by atoms with Crippen molar-refractivity contribution in [2.45, 2.75) is 31.2 Å². The molecule has 0 spiro atoms. The highest BCUT2D eigenvalue weighted by Gasteiger charge is 2.41. The molecule has 1 aliphatic heterocycles. The summed E-state index contributed by atoms with van der Waals surface area (Å²) in [5, 5.41) is 3.14. The Balaban J connectivity index is 1.66. The number of carbonyl (C=O) groups is 1. The van der Waals surface area contributed by atoms with Gasteiger partial charge in [-0.25, -0.2) is 0 Å². The summed E-state index contributed by atoms with van der Waals surface area (Å²) in [6, 6.07) is 19.6. The molecule has 1 N–H and O–H groups in total. The Bertz CT molecular complexity index is 666. The van der Waals surface area contributed by atoms with Crippen LogP contribution in [0.15, 0.2) is 60.7 Å². The van der Waals surface area contributed by atoms with Crippen molar-refractivity contribution in [3.63, 3.8) is 0 Å². The van der Waals surface area contributed by atoms with Gasteiger partial charge in [0, 0.05) is 13.2 Å². The topological polar surface area (TPSA) is 47.6 Å². The first-order valence-electron chi connectivity index (χ1n) is 8.83. The Labute approximate surface area is 149 Å². The minimum absolute atomic E-state index is 0.0613. The zero-order valence-corrected chi connectivity index (χ0v) is 14.6. The number of para-hydroxylation sites is 1. The van der Waals surface area contributed by atoms with Crippen molar-refractivity contribution in [3.05, 3.63) is 66.2 Å². The number of ether oxygens (including phenoxy) is 2. The highest BCUT2D eigenvalue weighted by Crippen LogP contribution is 2.35. The number of rotatable bonds is 6. The third-order valence-electron chi connectivity index (χ3n) is 4.73. The van der Waals surface area contributed by atoms with E-state index in [9.17, 15) is 4.79 Å². The van der Waals surface area contributed by atoms with Gasteiger partial charge in [0.25, 0.3) is 0 Å². The molecular formula is C21H25NO3. The maximum absolute atomic E-state index is 13.1. The maximum Gasteiger partial charge on any atom is 0.231 e. The van der Waals surface area contributed by atoms with E-state index in [1.165, 1.54) is 0 Å². The third-order valence-corrected chi connectivity index (χ3v) is 4.73. The summed E-state index contributed by atoms with van der Waals surface area (Å²) in [6.45, 7) is 3.63. The van der Waals surface area contributed by atoms with Crippen LogP contribution in [0, 0.1) is 0 Å². The molecule has 132 valence electrons. The lowest BCUT2D eigenvalue weighted by atomic mass is 9.73. The minimum Gasteiger partial charge on any atom is -0.491 e. The molecule has 25 heavy (non-hydrogen) atoms. The Morgan fingerprint density at radius 3 is 2.32 bits per heavy atom. The first kappa shape index (κ1) is 17.5. The molecule has 4 nitrogen and oxygen atoms in total.